The van der Waals surface area contributed by atoms with E-state index in [-0.39, 0.29) is 0 Å². The molecule has 0 bridgehead atoms. The zero-order valence-electron chi connectivity index (χ0n) is 12.2. The van der Waals surface area contributed by atoms with Crippen LogP contribution >= 0.6 is 0 Å². The van der Waals surface area contributed by atoms with E-state index in [4.69, 9.17) is 4.74 Å². The Morgan fingerprint density at radius 3 is 2.74 bits per heavy atom. The fourth-order valence-corrected chi connectivity index (χ4v) is 2.18. The number of ether oxygens (including phenoxy) is 1. The second kappa shape index (κ2) is 8.52. The summed E-state index contributed by atoms with van der Waals surface area (Å²) in [5.74, 6) is 0.956. The van der Waals surface area contributed by atoms with Crippen molar-refractivity contribution in [3.05, 3.63) is 41.0 Å². The van der Waals surface area contributed by atoms with Gasteiger partial charge in [-0.15, -0.1) is 0 Å². The van der Waals surface area contributed by atoms with E-state index < -0.39 is 0 Å². The summed E-state index contributed by atoms with van der Waals surface area (Å²) >= 11 is 0. The van der Waals surface area contributed by atoms with E-state index in [9.17, 15) is 4.79 Å². The highest BCUT2D eigenvalue weighted by molar-refractivity contribution is 5.49. The molecule has 0 aromatic heterocycles. The van der Waals surface area contributed by atoms with Crippen molar-refractivity contribution in [1.82, 2.24) is 0 Å². The first-order valence-corrected chi connectivity index (χ1v) is 6.96. The zero-order valence-corrected chi connectivity index (χ0v) is 12.2. The SMILES string of the molecule is CCC/C(=C\CCC=O)Cc1ccc(C)cc1OC. The third kappa shape index (κ3) is 5.29. The summed E-state index contributed by atoms with van der Waals surface area (Å²) in [4.78, 5) is 10.4. The van der Waals surface area contributed by atoms with E-state index in [1.807, 2.05) is 0 Å². The molecule has 0 aliphatic rings. The average molecular weight is 260 g/mol. The van der Waals surface area contributed by atoms with Gasteiger partial charge in [-0.25, -0.2) is 0 Å². The Kier molecular flexibility index (Phi) is 6.94. The summed E-state index contributed by atoms with van der Waals surface area (Å²) in [6.45, 7) is 4.25. The van der Waals surface area contributed by atoms with Crippen LogP contribution in [-0.4, -0.2) is 13.4 Å². The number of carbonyl (C=O) groups is 1. The van der Waals surface area contributed by atoms with Crippen molar-refractivity contribution < 1.29 is 9.53 Å². The second-order valence-corrected chi connectivity index (χ2v) is 4.85. The molecule has 0 saturated carbocycles. The molecule has 19 heavy (non-hydrogen) atoms. The molecule has 0 aliphatic heterocycles. The molecule has 104 valence electrons. The molecule has 2 nitrogen and oxygen atoms in total. The van der Waals surface area contributed by atoms with Crippen molar-refractivity contribution in [2.24, 2.45) is 0 Å². The lowest BCUT2D eigenvalue weighted by Gasteiger charge is -2.12. The van der Waals surface area contributed by atoms with Crippen molar-refractivity contribution in [1.29, 1.82) is 0 Å². The predicted molar refractivity (Wildman–Crippen MR) is 79.7 cm³/mol. The smallest absolute Gasteiger partial charge is 0.122 e. The normalized spacial score (nSPS) is 11.4. The maximum absolute atomic E-state index is 10.4. The van der Waals surface area contributed by atoms with Gasteiger partial charge in [-0.3, -0.25) is 0 Å². The van der Waals surface area contributed by atoms with Gasteiger partial charge in [0.1, 0.15) is 12.0 Å². The summed E-state index contributed by atoms with van der Waals surface area (Å²) in [5.41, 5.74) is 3.83. The van der Waals surface area contributed by atoms with Gasteiger partial charge in [0.05, 0.1) is 7.11 Å². The van der Waals surface area contributed by atoms with Crippen LogP contribution < -0.4 is 4.74 Å². The third-order valence-corrected chi connectivity index (χ3v) is 3.15. The molecular formula is C17H24O2. The Morgan fingerprint density at radius 2 is 2.11 bits per heavy atom. The Bertz CT molecular complexity index is 433. The molecule has 1 aromatic rings. The van der Waals surface area contributed by atoms with Crippen LogP contribution in [0.2, 0.25) is 0 Å². The number of aryl methyl sites for hydroxylation is 1. The predicted octanol–water partition coefficient (Wildman–Crippen LogP) is 4.25. The van der Waals surface area contributed by atoms with Crippen molar-refractivity contribution in [2.75, 3.05) is 7.11 Å². The fraction of sp³-hybridized carbons (Fsp3) is 0.471. The lowest BCUT2D eigenvalue weighted by Crippen LogP contribution is -1.96. The maximum atomic E-state index is 10.4. The highest BCUT2D eigenvalue weighted by atomic mass is 16.5. The largest absolute Gasteiger partial charge is 0.496 e. The Balaban J connectivity index is 2.83. The van der Waals surface area contributed by atoms with Gasteiger partial charge in [0.25, 0.3) is 0 Å². The minimum Gasteiger partial charge on any atom is -0.496 e. The molecule has 0 atom stereocenters. The minimum absolute atomic E-state index is 0.609. The van der Waals surface area contributed by atoms with Crippen molar-refractivity contribution in [2.45, 2.75) is 46.0 Å². The summed E-state index contributed by atoms with van der Waals surface area (Å²) in [5, 5.41) is 0. The van der Waals surface area contributed by atoms with Crippen LogP contribution in [0.1, 0.15) is 43.7 Å². The number of benzene rings is 1. The van der Waals surface area contributed by atoms with Crippen molar-refractivity contribution >= 4 is 6.29 Å². The Morgan fingerprint density at radius 1 is 1.32 bits per heavy atom. The van der Waals surface area contributed by atoms with Crippen LogP contribution in [0.3, 0.4) is 0 Å². The summed E-state index contributed by atoms with van der Waals surface area (Å²) in [6.07, 6.45) is 7.75. The number of hydrogen-bond donors (Lipinski definition) is 0. The highest BCUT2D eigenvalue weighted by Gasteiger charge is 2.06. The molecule has 0 unspecified atom stereocenters. The molecule has 0 heterocycles. The molecule has 0 fully saturated rings. The molecule has 0 saturated heterocycles. The van der Waals surface area contributed by atoms with Gasteiger partial charge in [0.2, 0.25) is 0 Å². The number of rotatable bonds is 8. The van der Waals surface area contributed by atoms with Gasteiger partial charge in [0.15, 0.2) is 0 Å². The van der Waals surface area contributed by atoms with Crippen LogP contribution in [-0.2, 0) is 11.2 Å². The van der Waals surface area contributed by atoms with Gasteiger partial charge < -0.3 is 9.53 Å². The quantitative estimate of drug-likeness (QED) is 0.397. The maximum Gasteiger partial charge on any atom is 0.122 e. The molecular weight excluding hydrogens is 236 g/mol. The van der Waals surface area contributed by atoms with Crippen molar-refractivity contribution in [3.63, 3.8) is 0 Å². The van der Waals surface area contributed by atoms with Crippen LogP contribution in [0.5, 0.6) is 5.75 Å². The third-order valence-electron chi connectivity index (χ3n) is 3.15. The zero-order chi connectivity index (χ0) is 14.1. The van der Waals surface area contributed by atoms with Gasteiger partial charge in [-0.05, 0) is 43.4 Å². The van der Waals surface area contributed by atoms with Crippen LogP contribution in [0.15, 0.2) is 29.8 Å². The molecule has 2 heteroatoms. The molecule has 1 aromatic carbocycles. The lowest BCUT2D eigenvalue weighted by molar-refractivity contribution is -0.107. The van der Waals surface area contributed by atoms with E-state index in [0.29, 0.717) is 6.42 Å². The first-order chi connectivity index (χ1) is 9.21. The Labute approximate surface area is 116 Å². The number of methoxy groups -OCH3 is 1. The van der Waals surface area contributed by atoms with Gasteiger partial charge in [-0.1, -0.05) is 37.1 Å². The van der Waals surface area contributed by atoms with E-state index >= 15 is 0 Å². The molecule has 0 aliphatic carbocycles. The summed E-state index contributed by atoms with van der Waals surface area (Å²) in [7, 11) is 1.72. The van der Waals surface area contributed by atoms with E-state index in [1.165, 1.54) is 16.7 Å². The van der Waals surface area contributed by atoms with Crippen molar-refractivity contribution in [3.8, 4) is 5.75 Å². The molecule has 0 radical (unpaired) electrons. The fourth-order valence-electron chi connectivity index (χ4n) is 2.18. The number of allylic oxidation sites excluding steroid dienone is 2. The molecule has 0 amide bonds. The summed E-state index contributed by atoms with van der Waals surface area (Å²) in [6, 6.07) is 6.33. The molecule has 0 N–H and O–H groups in total. The van der Waals surface area contributed by atoms with Crippen LogP contribution in [0, 0.1) is 6.92 Å². The minimum atomic E-state index is 0.609. The number of aldehydes is 1. The van der Waals surface area contributed by atoms with Gasteiger partial charge in [-0.2, -0.15) is 0 Å². The van der Waals surface area contributed by atoms with Gasteiger partial charge >= 0.3 is 0 Å². The second-order valence-electron chi connectivity index (χ2n) is 4.85. The van der Waals surface area contributed by atoms with Crippen LogP contribution in [0.25, 0.3) is 0 Å². The number of hydrogen-bond acceptors (Lipinski definition) is 2. The number of carbonyl (C=O) groups excluding carboxylic acids is 1. The van der Waals surface area contributed by atoms with Crippen LogP contribution in [0.4, 0.5) is 0 Å². The molecule has 0 spiro atoms. The first kappa shape index (κ1) is 15.5. The Hall–Kier alpha value is -1.57. The van der Waals surface area contributed by atoms with E-state index in [0.717, 1.165) is 37.7 Å². The number of unbranched alkanes of at least 4 members (excludes halogenated alkanes) is 1. The first-order valence-electron chi connectivity index (χ1n) is 6.96. The van der Waals surface area contributed by atoms with E-state index in [2.05, 4.69) is 38.1 Å². The monoisotopic (exact) mass is 260 g/mol. The van der Waals surface area contributed by atoms with E-state index in [1.54, 1.807) is 7.11 Å². The highest BCUT2D eigenvalue weighted by Crippen LogP contribution is 2.24. The lowest BCUT2D eigenvalue weighted by atomic mass is 9.98. The molecule has 1 rings (SSSR count). The summed E-state index contributed by atoms with van der Waals surface area (Å²) < 4.78 is 5.45. The topological polar surface area (TPSA) is 26.3 Å². The standard InChI is InChI=1S/C17H24O2/c1-4-7-15(8-5-6-11-18)13-16-10-9-14(2)12-17(16)19-3/h8-12H,4-7,13H2,1-3H3/b15-8+. The average Bonchev–Trinajstić information content (AvgIpc) is 2.41. The van der Waals surface area contributed by atoms with Gasteiger partial charge in [0, 0.05) is 6.42 Å².